The third-order valence-electron chi connectivity index (χ3n) is 3.82. The van der Waals surface area contributed by atoms with Gasteiger partial charge in [-0.3, -0.25) is 9.69 Å². The van der Waals surface area contributed by atoms with Crippen LogP contribution in [0.5, 0.6) is 0 Å². The minimum Gasteiger partial charge on any atom is -0.376 e. The number of nitrogens with zero attached hydrogens (tertiary/aromatic N) is 2. The lowest BCUT2D eigenvalue weighted by atomic mass is 10.2. The normalized spacial score (nSPS) is 17.5. The Morgan fingerprint density at radius 1 is 1.22 bits per heavy atom. The van der Waals surface area contributed by atoms with Gasteiger partial charge < -0.3 is 4.74 Å². The van der Waals surface area contributed by atoms with Gasteiger partial charge in [-0.1, -0.05) is 36.4 Å². The van der Waals surface area contributed by atoms with Crippen LogP contribution >= 0.6 is 0 Å². The number of amides is 1. The summed E-state index contributed by atoms with van der Waals surface area (Å²) in [4.78, 5) is 18.7. The van der Waals surface area contributed by atoms with E-state index < -0.39 is 0 Å². The Bertz CT molecular complexity index is 650. The van der Waals surface area contributed by atoms with Crippen molar-refractivity contribution in [2.75, 3.05) is 18.1 Å². The summed E-state index contributed by atoms with van der Waals surface area (Å²) in [5.41, 5.74) is 0.999. The molecule has 2 aromatic rings. The number of rotatable bonds is 5. The number of carbonyl (C=O) groups excluding carboxylic acids is 1. The van der Waals surface area contributed by atoms with Gasteiger partial charge >= 0.3 is 0 Å². The van der Waals surface area contributed by atoms with E-state index in [0.29, 0.717) is 12.4 Å². The van der Waals surface area contributed by atoms with Crippen LogP contribution in [0.4, 0.5) is 5.82 Å². The SMILES string of the molecule is O=C(/C=C/c1ccccc1)N(CC1CCCO1)c1ccccn1. The molecule has 0 N–H and O–H groups in total. The lowest BCUT2D eigenvalue weighted by molar-refractivity contribution is -0.114. The van der Waals surface area contributed by atoms with E-state index in [0.717, 1.165) is 25.0 Å². The highest BCUT2D eigenvalue weighted by Gasteiger charge is 2.23. The molecule has 1 saturated heterocycles. The molecule has 3 rings (SSSR count). The number of benzene rings is 1. The highest BCUT2D eigenvalue weighted by molar-refractivity contribution is 6.03. The minimum absolute atomic E-state index is 0.0805. The summed E-state index contributed by atoms with van der Waals surface area (Å²) < 4.78 is 5.67. The molecular formula is C19H20N2O2. The summed E-state index contributed by atoms with van der Waals surface area (Å²) >= 11 is 0. The Kier molecular flexibility index (Phi) is 5.17. The Morgan fingerprint density at radius 2 is 2.04 bits per heavy atom. The lowest BCUT2D eigenvalue weighted by Gasteiger charge is -2.23. The zero-order valence-electron chi connectivity index (χ0n) is 13.0. The molecule has 1 aliphatic rings. The van der Waals surface area contributed by atoms with Crippen molar-refractivity contribution in [3.05, 3.63) is 66.4 Å². The third-order valence-corrected chi connectivity index (χ3v) is 3.82. The molecule has 1 fully saturated rings. The fourth-order valence-electron chi connectivity index (χ4n) is 2.62. The predicted molar refractivity (Wildman–Crippen MR) is 91.0 cm³/mol. The first-order chi connectivity index (χ1) is 11.3. The van der Waals surface area contributed by atoms with Crippen molar-refractivity contribution in [1.82, 2.24) is 4.98 Å². The van der Waals surface area contributed by atoms with Gasteiger partial charge in [0, 0.05) is 18.9 Å². The molecule has 0 saturated carbocycles. The molecule has 1 amide bonds. The number of aromatic nitrogens is 1. The van der Waals surface area contributed by atoms with Crippen molar-refractivity contribution in [2.24, 2.45) is 0 Å². The zero-order valence-corrected chi connectivity index (χ0v) is 13.0. The first-order valence-electron chi connectivity index (χ1n) is 7.90. The number of pyridine rings is 1. The number of ether oxygens (including phenoxy) is 1. The summed E-state index contributed by atoms with van der Waals surface area (Å²) in [5, 5.41) is 0. The molecule has 0 spiro atoms. The number of anilines is 1. The second kappa shape index (κ2) is 7.70. The van der Waals surface area contributed by atoms with Gasteiger partial charge in [0.25, 0.3) is 5.91 Å². The standard InChI is InChI=1S/C19H20N2O2/c22-19(12-11-16-7-2-1-3-8-16)21(15-17-9-6-14-23-17)18-10-4-5-13-20-18/h1-5,7-8,10-13,17H,6,9,14-15H2/b12-11+. The molecule has 4 heteroatoms. The maximum atomic E-state index is 12.6. The summed E-state index contributed by atoms with van der Waals surface area (Å²) in [6.07, 6.45) is 7.25. The molecule has 0 radical (unpaired) electrons. The van der Waals surface area contributed by atoms with Gasteiger partial charge in [0.15, 0.2) is 0 Å². The van der Waals surface area contributed by atoms with Crippen molar-refractivity contribution in [1.29, 1.82) is 0 Å². The van der Waals surface area contributed by atoms with Crippen LogP contribution in [0.1, 0.15) is 18.4 Å². The summed E-state index contributed by atoms with van der Waals surface area (Å²) in [6.45, 7) is 1.31. The third kappa shape index (κ3) is 4.27. The highest BCUT2D eigenvalue weighted by Crippen LogP contribution is 2.18. The zero-order chi connectivity index (χ0) is 15.9. The van der Waals surface area contributed by atoms with Gasteiger partial charge in [-0.05, 0) is 36.6 Å². The lowest BCUT2D eigenvalue weighted by Crippen LogP contribution is -2.37. The molecule has 0 aliphatic carbocycles. The van der Waals surface area contributed by atoms with Crippen LogP contribution in [-0.4, -0.2) is 30.1 Å². The first-order valence-corrected chi connectivity index (χ1v) is 7.90. The molecule has 0 bridgehead atoms. The quantitative estimate of drug-likeness (QED) is 0.796. The van der Waals surface area contributed by atoms with Crippen LogP contribution < -0.4 is 4.90 Å². The van der Waals surface area contributed by atoms with Crippen LogP contribution in [-0.2, 0) is 9.53 Å². The number of hydrogen-bond donors (Lipinski definition) is 0. The smallest absolute Gasteiger partial charge is 0.252 e. The van der Waals surface area contributed by atoms with Crippen LogP contribution in [0.3, 0.4) is 0 Å². The van der Waals surface area contributed by atoms with Gasteiger partial charge in [0.1, 0.15) is 5.82 Å². The first kappa shape index (κ1) is 15.4. The van der Waals surface area contributed by atoms with Crippen molar-refractivity contribution in [2.45, 2.75) is 18.9 Å². The highest BCUT2D eigenvalue weighted by atomic mass is 16.5. The number of carbonyl (C=O) groups is 1. The monoisotopic (exact) mass is 308 g/mol. The summed E-state index contributed by atoms with van der Waals surface area (Å²) in [5.74, 6) is 0.578. The van der Waals surface area contributed by atoms with E-state index in [1.807, 2.05) is 54.6 Å². The van der Waals surface area contributed by atoms with Crippen molar-refractivity contribution in [3.63, 3.8) is 0 Å². The largest absolute Gasteiger partial charge is 0.376 e. The van der Waals surface area contributed by atoms with E-state index in [4.69, 9.17) is 4.74 Å². The van der Waals surface area contributed by atoms with E-state index in [9.17, 15) is 4.79 Å². The van der Waals surface area contributed by atoms with Crippen LogP contribution in [0.15, 0.2) is 60.8 Å². The van der Waals surface area contributed by atoms with Gasteiger partial charge in [0.2, 0.25) is 0 Å². The van der Waals surface area contributed by atoms with E-state index in [1.54, 1.807) is 17.2 Å². The fraction of sp³-hybridized carbons (Fsp3) is 0.263. The molecule has 118 valence electrons. The topological polar surface area (TPSA) is 42.4 Å². The van der Waals surface area contributed by atoms with Crippen LogP contribution in [0.25, 0.3) is 6.08 Å². The molecule has 2 heterocycles. The van der Waals surface area contributed by atoms with Crippen molar-refractivity contribution in [3.8, 4) is 0 Å². The van der Waals surface area contributed by atoms with Crippen molar-refractivity contribution < 1.29 is 9.53 Å². The van der Waals surface area contributed by atoms with E-state index in [1.165, 1.54) is 0 Å². The average molecular weight is 308 g/mol. The van der Waals surface area contributed by atoms with Gasteiger partial charge in [0.05, 0.1) is 12.6 Å². The Balaban J connectivity index is 1.76. The molecule has 4 nitrogen and oxygen atoms in total. The molecule has 1 aromatic carbocycles. The number of hydrogen-bond acceptors (Lipinski definition) is 3. The van der Waals surface area contributed by atoms with E-state index >= 15 is 0 Å². The van der Waals surface area contributed by atoms with Crippen molar-refractivity contribution >= 4 is 17.8 Å². The van der Waals surface area contributed by atoms with E-state index in [-0.39, 0.29) is 12.0 Å². The van der Waals surface area contributed by atoms with Gasteiger partial charge in [-0.25, -0.2) is 4.98 Å². The molecular weight excluding hydrogens is 288 g/mol. The summed E-state index contributed by atoms with van der Waals surface area (Å²) in [6, 6.07) is 15.4. The van der Waals surface area contributed by atoms with Gasteiger partial charge in [-0.2, -0.15) is 0 Å². The Hall–Kier alpha value is -2.46. The molecule has 1 aliphatic heterocycles. The maximum absolute atomic E-state index is 12.6. The summed E-state index contributed by atoms with van der Waals surface area (Å²) in [7, 11) is 0. The maximum Gasteiger partial charge on any atom is 0.252 e. The van der Waals surface area contributed by atoms with Gasteiger partial charge in [-0.15, -0.1) is 0 Å². The average Bonchev–Trinajstić information content (AvgIpc) is 3.12. The minimum atomic E-state index is -0.0805. The molecule has 1 aromatic heterocycles. The molecule has 23 heavy (non-hydrogen) atoms. The second-order valence-electron chi connectivity index (χ2n) is 5.52. The Labute approximate surface area is 136 Å². The van der Waals surface area contributed by atoms with Crippen LogP contribution in [0, 0.1) is 0 Å². The predicted octanol–water partition coefficient (Wildman–Crippen LogP) is 3.31. The molecule has 1 atom stereocenters. The van der Waals surface area contributed by atoms with E-state index in [2.05, 4.69) is 4.98 Å². The second-order valence-corrected chi connectivity index (χ2v) is 5.52. The Morgan fingerprint density at radius 3 is 2.74 bits per heavy atom. The fourth-order valence-corrected chi connectivity index (χ4v) is 2.62. The molecule has 1 unspecified atom stereocenters. The van der Waals surface area contributed by atoms with Crippen LogP contribution in [0.2, 0.25) is 0 Å².